The average molecular weight is 226 g/mol. The van der Waals surface area contributed by atoms with Crippen molar-refractivity contribution in [2.45, 2.75) is 6.54 Å². The molecule has 0 saturated carbocycles. The number of imidazole rings is 2. The van der Waals surface area contributed by atoms with Crippen LogP contribution in [0.3, 0.4) is 0 Å². The smallest absolute Gasteiger partial charge is 0.158 e. The van der Waals surface area contributed by atoms with Gasteiger partial charge in [0.25, 0.3) is 0 Å². The van der Waals surface area contributed by atoms with Gasteiger partial charge in [-0.15, -0.1) is 6.58 Å². The van der Waals surface area contributed by atoms with E-state index >= 15 is 0 Å². The van der Waals surface area contributed by atoms with Crippen LogP contribution in [-0.4, -0.2) is 19.5 Å². The zero-order chi connectivity index (χ0) is 12.5. The van der Waals surface area contributed by atoms with E-state index in [0.717, 1.165) is 0 Å². The third-order valence-electron chi connectivity index (χ3n) is 1.71. The maximum Gasteiger partial charge on any atom is 0.158 e. The van der Waals surface area contributed by atoms with E-state index in [1.165, 1.54) is 12.5 Å². The molecule has 0 saturated heterocycles. The summed E-state index contributed by atoms with van der Waals surface area (Å²) in [5, 5.41) is 16.5. The lowest BCUT2D eigenvalue weighted by Gasteiger charge is -1.90. The predicted molar refractivity (Wildman–Crippen MR) is 60.4 cm³/mol. The molecule has 6 nitrogen and oxygen atoms in total. The van der Waals surface area contributed by atoms with Crippen molar-refractivity contribution in [3.63, 3.8) is 0 Å². The van der Waals surface area contributed by atoms with Crippen molar-refractivity contribution in [3.8, 4) is 12.1 Å². The van der Waals surface area contributed by atoms with Crippen LogP contribution >= 0.6 is 0 Å². The number of nitrogens with zero attached hydrogens (tertiary/aromatic N) is 5. The second kappa shape index (κ2) is 6.59. The van der Waals surface area contributed by atoms with Crippen LogP contribution in [0.5, 0.6) is 0 Å². The number of rotatable bonds is 2. The minimum absolute atomic E-state index is 0.446. The first-order valence-corrected chi connectivity index (χ1v) is 4.71. The van der Waals surface area contributed by atoms with Crippen LogP contribution in [0, 0.1) is 22.7 Å². The van der Waals surface area contributed by atoms with Crippen LogP contribution < -0.4 is 0 Å². The monoisotopic (exact) mass is 226 g/mol. The maximum atomic E-state index is 8.37. The normalized spacial score (nSPS) is 8.35. The summed E-state index contributed by atoms with van der Waals surface area (Å²) >= 11 is 0. The number of aromatic nitrogens is 4. The molecule has 0 amide bonds. The van der Waals surface area contributed by atoms with E-state index in [4.69, 9.17) is 10.5 Å². The third kappa shape index (κ3) is 4.02. The highest BCUT2D eigenvalue weighted by Crippen LogP contribution is 1.92. The molecular weight excluding hydrogens is 216 g/mol. The molecule has 2 aromatic heterocycles. The van der Waals surface area contributed by atoms with Gasteiger partial charge in [-0.25, -0.2) is 9.97 Å². The lowest BCUT2D eigenvalue weighted by molar-refractivity contribution is 0.822. The molecule has 1 N–H and O–H groups in total. The van der Waals surface area contributed by atoms with Gasteiger partial charge in [-0.2, -0.15) is 10.5 Å². The number of allylic oxidation sites excluding steroid dienone is 1. The van der Waals surface area contributed by atoms with Gasteiger partial charge in [0.1, 0.15) is 17.8 Å². The molecule has 0 fully saturated rings. The second-order valence-corrected chi connectivity index (χ2v) is 2.93. The average Bonchev–Trinajstić information content (AvgIpc) is 3.01. The molecule has 0 bridgehead atoms. The molecule has 2 rings (SSSR count). The van der Waals surface area contributed by atoms with Crippen molar-refractivity contribution < 1.29 is 0 Å². The Bertz CT molecular complexity index is 537. The topological polar surface area (TPSA) is 94.1 Å². The molecule has 84 valence electrons. The number of hydrogen-bond donors (Lipinski definition) is 1. The summed E-state index contributed by atoms with van der Waals surface area (Å²) < 4.78 is 1.80. The van der Waals surface area contributed by atoms with Gasteiger partial charge in [0.2, 0.25) is 0 Å². The van der Waals surface area contributed by atoms with Gasteiger partial charge in [0.05, 0.1) is 18.9 Å². The van der Waals surface area contributed by atoms with E-state index in [2.05, 4.69) is 21.5 Å². The molecule has 2 heterocycles. The minimum atomic E-state index is 0.446. The van der Waals surface area contributed by atoms with E-state index in [-0.39, 0.29) is 0 Å². The van der Waals surface area contributed by atoms with E-state index in [1.54, 1.807) is 23.2 Å². The van der Waals surface area contributed by atoms with Crippen LogP contribution in [0.4, 0.5) is 0 Å². The van der Waals surface area contributed by atoms with Crippen molar-refractivity contribution >= 4 is 0 Å². The molecular formula is C11H10N6. The molecule has 0 atom stereocenters. The van der Waals surface area contributed by atoms with Crippen LogP contribution in [0.25, 0.3) is 0 Å². The van der Waals surface area contributed by atoms with Gasteiger partial charge in [0.15, 0.2) is 5.69 Å². The van der Waals surface area contributed by atoms with Crippen molar-refractivity contribution in [2.24, 2.45) is 0 Å². The first kappa shape index (κ1) is 12.2. The van der Waals surface area contributed by atoms with Crippen molar-refractivity contribution in [1.82, 2.24) is 19.5 Å². The van der Waals surface area contributed by atoms with E-state index in [9.17, 15) is 0 Å². The van der Waals surface area contributed by atoms with Gasteiger partial charge in [0, 0.05) is 12.7 Å². The maximum absolute atomic E-state index is 8.37. The Morgan fingerprint density at radius 1 is 1.47 bits per heavy atom. The molecule has 0 unspecified atom stereocenters. The Morgan fingerprint density at radius 2 is 2.29 bits per heavy atom. The Balaban J connectivity index is 0.000000181. The SMILES string of the molecule is C=CCn1cnc(C#N)c1.N#Cc1cnc[nH]1. The Morgan fingerprint density at radius 3 is 2.71 bits per heavy atom. The number of nitriles is 2. The minimum Gasteiger partial charge on any atom is -0.336 e. The van der Waals surface area contributed by atoms with Gasteiger partial charge >= 0.3 is 0 Å². The second-order valence-electron chi connectivity index (χ2n) is 2.93. The van der Waals surface area contributed by atoms with Gasteiger partial charge in [-0.3, -0.25) is 0 Å². The van der Waals surface area contributed by atoms with Crippen molar-refractivity contribution in [3.05, 3.63) is 49.1 Å². The fourth-order valence-corrected chi connectivity index (χ4v) is 0.984. The number of nitrogens with one attached hydrogen (secondary N) is 1. The molecule has 17 heavy (non-hydrogen) atoms. The zero-order valence-corrected chi connectivity index (χ0v) is 9.04. The predicted octanol–water partition coefficient (Wildman–Crippen LogP) is 1.22. The molecule has 0 spiro atoms. The Kier molecular flexibility index (Phi) is 4.73. The van der Waals surface area contributed by atoms with E-state index < -0.39 is 0 Å². The van der Waals surface area contributed by atoms with E-state index in [0.29, 0.717) is 17.9 Å². The van der Waals surface area contributed by atoms with Crippen LogP contribution in [-0.2, 0) is 6.54 Å². The summed E-state index contributed by atoms with van der Waals surface area (Å²) in [5.41, 5.74) is 0.946. The van der Waals surface area contributed by atoms with E-state index in [1.807, 2.05) is 12.1 Å². The molecule has 0 radical (unpaired) electrons. The summed E-state index contributed by atoms with van der Waals surface area (Å²) in [5.74, 6) is 0. The third-order valence-corrected chi connectivity index (χ3v) is 1.71. The fraction of sp³-hybridized carbons (Fsp3) is 0.0909. The Hall–Kier alpha value is -2.86. The Labute approximate surface area is 98.5 Å². The summed E-state index contributed by atoms with van der Waals surface area (Å²) in [6.07, 6.45) is 7.99. The summed E-state index contributed by atoms with van der Waals surface area (Å²) in [6.45, 7) is 4.26. The number of hydrogen-bond acceptors (Lipinski definition) is 4. The quantitative estimate of drug-likeness (QED) is 0.779. The van der Waals surface area contributed by atoms with Gasteiger partial charge in [-0.1, -0.05) is 6.08 Å². The molecule has 2 aromatic rings. The lowest BCUT2D eigenvalue weighted by Crippen LogP contribution is -1.88. The first-order valence-electron chi connectivity index (χ1n) is 4.71. The van der Waals surface area contributed by atoms with Crippen molar-refractivity contribution in [1.29, 1.82) is 10.5 Å². The fourth-order valence-electron chi connectivity index (χ4n) is 0.984. The molecule has 0 aliphatic carbocycles. The van der Waals surface area contributed by atoms with Crippen LogP contribution in [0.2, 0.25) is 0 Å². The summed E-state index contributed by atoms with van der Waals surface area (Å²) in [6, 6.07) is 3.83. The van der Waals surface area contributed by atoms with Crippen LogP contribution in [0.15, 0.2) is 37.7 Å². The van der Waals surface area contributed by atoms with Gasteiger partial charge < -0.3 is 9.55 Å². The molecule has 0 aliphatic rings. The number of H-pyrrole nitrogens is 1. The molecule has 0 aromatic carbocycles. The summed E-state index contributed by atoms with van der Waals surface area (Å²) in [7, 11) is 0. The first-order chi connectivity index (χ1) is 8.30. The largest absolute Gasteiger partial charge is 0.336 e. The van der Waals surface area contributed by atoms with Crippen LogP contribution in [0.1, 0.15) is 11.4 Å². The molecule has 0 aliphatic heterocycles. The number of aromatic amines is 1. The highest BCUT2D eigenvalue weighted by molar-refractivity contribution is 5.15. The highest BCUT2D eigenvalue weighted by Gasteiger charge is 1.92. The molecule has 6 heteroatoms. The standard InChI is InChI=1S/C7H7N3.C4H3N3/c1-2-3-10-5-7(4-8)9-6-10;5-1-4-2-6-3-7-4/h2,5-6H,1,3H2;2-3H,(H,6,7). The summed E-state index contributed by atoms with van der Waals surface area (Å²) in [4.78, 5) is 10.0. The highest BCUT2D eigenvalue weighted by atomic mass is 15.0. The van der Waals surface area contributed by atoms with Gasteiger partial charge in [-0.05, 0) is 0 Å². The zero-order valence-electron chi connectivity index (χ0n) is 9.04. The lowest BCUT2D eigenvalue weighted by atomic mass is 10.5. The van der Waals surface area contributed by atoms with Crippen molar-refractivity contribution in [2.75, 3.05) is 0 Å².